The number of imide groups is 1. The van der Waals surface area contributed by atoms with E-state index in [4.69, 9.17) is 0 Å². The Morgan fingerprint density at radius 3 is 2.42 bits per heavy atom. The molecule has 6 nitrogen and oxygen atoms in total. The lowest BCUT2D eigenvalue weighted by Crippen LogP contribution is -2.40. The maximum Gasteiger partial charge on any atom is 0.263 e. The van der Waals surface area contributed by atoms with Gasteiger partial charge in [0.1, 0.15) is 5.82 Å². The van der Waals surface area contributed by atoms with Crippen molar-refractivity contribution in [2.75, 3.05) is 9.91 Å². The fourth-order valence-corrected chi connectivity index (χ4v) is 3.40. The van der Waals surface area contributed by atoms with E-state index in [1.165, 1.54) is 11.1 Å². The number of benzene rings is 2. The third kappa shape index (κ3) is 2.31. The smallest absolute Gasteiger partial charge is 0.263 e. The molecule has 0 aliphatic carbocycles. The summed E-state index contributed by atoms with van der Waals surface area (Å²) in [5, 5.41) is 9.56. The molecular formula is C19H17FN4O2. The topological polar surface area (TPSA) is 65.3 Å². The maximum absolute atomic E-state index is 13.9. The molecule has 0 spiro atoms. The predicted molar refractivity (Wildman–Crippen MR) is 94.5 cm³/mol. The second kappa shape index (κ2) is 5.72. The Morgan fingerprint density at radius 1 is 0.962 bits per heavy atom. The van der Waals surface area contributed by atoms with E-state index in [0.717, 1.165) is 21.7 Å². The number of hydrogen-bond donors (Lipinski definition) is 0. The molecule has 2 aromatic rings. The van der Waals surface area contributed by atoms with E-state index in [-0.39, 0.29) is 5.69 Å². The Morgan fingerprint density at radius 2 is 1.73 bits per heavy atom. The summed E-state index contributed by atoms with van der Waals surface area (Å²) in [4.78, 5) is 26.7. The minimum atomic E-state index is -0.910. The summed E-state index contributed by atoms with van der Waals surface area (Å²) in [6, 6.07) is 8.31. The first-order valence-electron chi connectivity index (χ1n) is 8.29. The summed E-state index contributed by atoms with van der Waals surface area (Å²) in [5.41, 5.74) is 3.41. The van der Waals surface area contributed by atoms with Crippen LogP contribution in [0.4, 0.5) is 15.8 Å². The van der Waals surface area contributed by atoms with Gasteiger partial charge in [0.15, 0.2) is 12.1 Å². The van der Waals surface area contributed by atoms with Gasteiger partial charge in [-0.3, -0.25) is 9.59 Å². The molecule has 0 radical (unpaired) electrons. The van der Waals surface area contributed by atoms with E-state index >= 15 is 0 Å². The lowest BCUT2D eigenvalue weighted by atomic mass is 10.1. The van der Waals surface area contributed by atoms with Crippen LogP contribution in [0.5, 0.6) is 0 Å². The summed E-state index contributed by atoms with van der Waals surface area (Å²) in [6.07, 6.45) is 0. The molecule has 0 saturated carbocycles. The molecule has 2 heterocycles. The van der Waals surface area contributed by atoms with Crippen molar-refractivity contribution in [2.45, 2.75) is 32.9 Å². The fourth-order valence-electron chi connectivity index (χ4n) is 3.40. The van der Waals surface area contributed by atoms with Gasteiger partial charge in [-0.15, -0.1) is 0 Å². The summed E-state index contributed by atoms with van der Waals surface area (Å²) < 4.78 is 13.9. The molecule has 1 saturated heterocycles. The average molecular weight is 352 g/mol. The number of anilines is 2. The largest absolute Gasteiger partial charge is 0.271 e. The first-order valence-corrected chi connectivity index (χ1v) is 8.29. The fraction of sp³-hybridized carbons (Fsp3) is 0.263. The third-order valence-electron chi connectivity index (χ3n) is 4.79. The summed E-state index contributed by atoms with van der Waals surface area (Å²) >= 11 is 0. The Labute approximate surface area is 149 Å². The van der Waals surface area contributed by atoms with Crippen molar-refractivity contribution in [1.29, 1.82) is 0 Å². The number of aryl methyl sites for hydroxylation is 3. The molecule has 2 aliphatic rings. The number of carbonyl (C=O) groups excluding carboxylic acids is 2. The predicted octanol–water partition coefficient (Wildman–Crippen LogP) is 3.25. The quantitative estimate of drug-likeness (QED) is 0.780. The minimum Gasteiger partial charge on any atom is -0.271 e. The van der Waals surface area contributed by atoms with Gasteiger partial charge in [-0.1, -0.05) is 29.0 Å². The van der Waals surface area contributed by atoms with Crippen molar-refractivity contribution >= 4 is 23.2 Å². The van der Waals surface area contributed by atoms with Crippen LogP contribution < -0.4 is 9.91 Å². The van der Waals surface area contributed by atoms with Crippen molar-refractivity contribution in [1.82, 2.24) is 0 Å². The van der Waals surface area contributed by atoms with Crippen LogP contribution in [0, 0.1) is 26.6 Å². The summed E-state index contributed by atoms with van der Waals surface area (Å²) in [7, 11) is 0. The van der Waals surface area contributed by atoms with E-state index in [2.05, 4.69) is 10.3 Å². The van der Waals surface area contributed by atoms with Gasteiger partial charge in [-0.25, -0.2) is 14.3 Å². The Balaban J connectivity index is 1.72. The molecule has 1 fully saturated rings. The van der Waals surface area contributed by atoms with Crippen LogP contribution in [-0.4, -0.2) is 23.9 Å². The highest BCUT2D eigenvalue weighted by Crippen LogP contribution is 2.36. The molecule has 2 aromatic carbocycles. The zero-order chi connectivity index (χ0) is 18.6. The van der Waals surface area contributed by atoms with Crippen molar-refractivity contribution in [3.8, 4) is 0 Å². The first-order chi connectivity index (χ1) is 12.4. The lowest BCUT2D eigenvalue weighted by molar-refractivity contribution is -0.121. The molecule has 0 bridgehead atoms. The van der Waals surface area contributed by atoms with Gasteiger partial charge in [0.25, 0.3) is 11.8 Å². The molecule has 2 aliphatic heterocycles. The van der Waals surface area contributed by atoms with Crippen LogP contribution in [-0.2, 0) is 9.59 Å². The number of nitrogens with zero attached hydrogens (tertiary/aromatic N) is 4. The summed E-state index contributed by atoms with van der Waals surface area (Å²) in [5.74, 6) is -1.40. The number of rotatable bonds is 2. The van der Waals surface area contributed by atoms with Crippen LogP contribution in [0.1, 0.15) is 16.7 Å². The maximum atomic E-state index is 13.9. The number of fused-ring (bicyclic) bond motifs is 1. The van der Waals surface area contributed by atoms with Crippen molar-refractivity contribution < 1.29 is 14.0 Å². The van der Waals surface area contributed by atoms with Crippen LogP contribution in [0.15, 0.2) is 46.7 Å². The van der Waals surface area contributed by atoms with E-state index in [1.54, 1.807) is 19.1 Å². The van der Waals surface area contributed by atoms with E-state index in [1.807, 2.05) is 32.0 Å². The standard InChI is InChI=1S/C19H17FN4O2/c1-10-4-7-15(12(3)8-10)24-17-16(21-22-24)18(25)23(19(17)26)13-6-5-11(2)14(20)9-13/h4-9,16-17H,1-3H3/t16-,17-/m1/s1. The van der Waals surface area contributed by atoms with Crippen LogP contribution in [0.25, 0.3) is 0 Å². The van der Waals surface area contributed by atoms with Gasteiger partial charge in [0.2, 0.25) is 0 Å². The van der Waals surface area contributed by atoms with E-state index in [9.17, 15) is 14.0 Å². The van der Waals surface area contributed by atoms with Crippen LogP contribution in [0.2, 0.25) is 0 Å². The molecule has 132 valence electrons. The number of carbonyl (C=O) groups is 2. The molecule has 2 amide bonds. The second-order valence-corrected chi connectivity index (χ2v) is 6.67. The highest BCUT2D eigenvalue weighted by molar-refractivity contribution is 6.26. The van der Waals surface area contributed by atoms with Crippen molar-refractivity contribution in [2.24, 2.45) is 10.3 Å². The SMILES string of the molecule is Cc1ccc(N2N=N[C@H]3C(=O)N(c4ccc(C)c(F)c4)C(=O)[C@@H]32)c(C)c1. The van der Waals surface area contributed by atoms with Gasteiger partial charge in [-0.2, -0.15) is 5.11 Å². The molecule has 2 atom stereocenters. The highest BCUT2D eigenvalue weighted by Gasteiger charge is 2.55. The average Bonchev–Trinajstić information content (AvgIpc) is 3.12. The number of halogens is 1. The summed E-state index contributed by atoms with van der Waals surface area (Å²) in [6.45, 7) is 5.51. The van der Waals surface area contributed by atoms with Gasteiger partial charge in [0, 0.05) is 0 Å². The molecule has 26 heavy (non-hydrogen) atoms. The number of amides is 2. The third-order valence-corrected chi connectivity index (χ3v) is 4.79. The van der Waals surface area contributed by atoms with E-state index in [0.29, 0.717) is 5.56 Å². The van der Waals surface area contributed by atoms with Crippen molar-refractivity contribution in [3.63, 3.8) is 0 Å². The van der Waals surface area contributed by atoms with Gasteiger partial charge < -0.3 is 0 Å². The second-order valence-electron chi connectivity index (χ2n) is 6.67. The van der Waals surface area contributed by atoms with Gasteiger partial charge >= 0.3 is 0 Å². The molecule has 0 aromatic heterocycles. The monoisotopic (exact) mass is 352 g/mol. The highest BCUT2D eigenvalue weighted by atomic mass is 19.1. The lowest BCUT2D eigenvalue weighted by Gasteiger charge is -2.22. The molecular weight excluding hydrogens is 335 g/mol. The Hall–Kier alpha value is -3.09. The first kappa shape index (κ1) is 16.4. The number of hydrogen-bond acceptors (Lipinski definition) is 5. The van der Waals surface area contributed by atoms with Gasteiger partial charge in [-0.05, 0) is 50.1 Å². The van der Waals surface area contributed by atoms with Crippen LogP contribution >= 0.6 is 0 Å². The molecule has 0 unspecified atom stereocenters. The Bertz CT molecular complexity index is 972. The zero-order valence-corrected chi connectivity index (χ0v) is 14.6. The Kier molecular flexibility index (Phi) is 3.61. The van der Waals surface area contributed by atoms with Crippen LogP contribution in [0.3, 0.4) is 0 Å². The minimum absolute atomic E-state index is 0.216. The van der Waals surface area contributed by atoms with E-state index < -0.39 is 29.7 Å². The molecule has 0 N–H and O–H groups in total. The zero-order valence-electron chi connectivity index (χ0n) is 14.6. The van der Waals surface area contributed by atoms with Gasteiger partial charge in [0.05, 0.1) is 11.4 Å². The molecule has 4 rings (SSSR count). The normalized spacial score (nSPS) is 21.7. The van der Waals surface area contributed by atoms with Crippen molar-refractivity contribution in [3.05, 3.63) is 58.9 Å². The molecule has 7 heteroatoms.